The molecule has 1 heterocycles. The van der Waals surface area contributed by atoms with Crippen LogP contribution in [-0.4, -0.2) is 27.3 Å². The number of nitro benzene ring substituents is 1. The van der Waals surface area contributed by atoms with E-state index in [9.17, 15) is 14.9 Å². The van der Waals surface area contributed by atoms with E-state index in [2.05, 4.69) is 5.10 Å². The Labute approximate surface area is 213 Å². The highest BCUT2D eigenvalue weighted by Crippen LogP contribution is 2.43. The Morgan fingerprint density at radius 1 is 1.08 bits per heavy atom. The number of para-hydroxylation sites is 1. The molecule has 1 aromatic heterocycles. The summed E-state index contributed by atoms with van der Waals surface area (Å²) < 4.78 is 13.5. The second kappa shape index (κ2) is 10.0. The molecule has 0 unspecified atom stereocenters. The van der Waals surface area contributed by atoms with Crippen molar-refractivity contribution in [2.75, 3.05) is 6.61 Å². The first-order chi connectivity index (χ1) is 17.1. The number of ether oxygens (including phenoxy) is 2. The fourth-order valence-corrected chi connectivity index (χ4v) is 4.85. The van der Waals surface area contributed by atoms with Crippen molar-refractivity contribution in [3.63, 3.8) is 0 Å². The van der Waals surface area contributed by atoms with Crippen molar-refractivity contribution in [1.82, 2.24) is 9.78 Å². The number of hydrogen-bond donors (Lipinski definition) is 0. The van der Waals surface area contributed by atoms with Crippen molar-refractivity contribution in [3.05, 3.63) is 82.0 Å². The number of rotatable bonds is 7. The van der Waals surface area contributed by atoms with Gasteiger partial charge in [0.2, 0.25) is 5.88 Å². The number of nitro groups is 1. The molecule has 8 nitrogen and oxygen atoms in total. The fourth-order valence-electron chi connectivity index (χ4n) is 3.83. The van der Waals surface area contributed by atoms with Gasteiger partial charge in [-0.05, 0) is 57.5 Å². The van der Waals surface area contributed by atoms with Crippen LogP contribution in [0.2, 0.25) is 0 Å². The summed E-state index contributed by atoms with van der Waals surface area (Å²) in [6.07, 6.45) is 0. The highest BCUT2D eigenvalue weighted by atomic mass is 32.2. The minimum atomic E-state index is -0.593. The van der Waals surface area contributed by atoms with Crippen molar-refractivity contribution >= 4 is 34.2 Å². The lowest BCUT2D eigenvalue weighted by Gasteiger charge is -2.22. The number of carbonyl (C=O) groups is 1. The Balaban J connectivity index is 1.85. The van der Waals surface area contributed by atoms with Crippen LogP contribution in [0, 0.1) is 17.0 Å². The zero-order valence-electron chi connectivity index (χ0n) is 20.8. The number of carbonyl (C=O) groups excluding carboxylic acids is 1. The first-order valence-corrected chi connectivity index (χ1v) is 12.3. The van der Waals surface area contributed by atoms with Crippen LogP contribution in [0.15, 0.2) is 70.5 Å². The van der Waals surface area contributed by atoms with E-state index in [0.717, 1.165) is 17.1 Å². The Kier molecular flexibility index (Phi) is 7.03. The minimum absolute atomic E-state index is 0.0321. The average molecular weight is 506 g/mol. The molecular formula is C27H27N3O5S. The molecule has 36 heavy (non-hydrogen) atoms. The molecule has 0 N–H and O–H groups in total. The second-order valence-electron chi connectivity index (χ2n) is 9.11. The van der Waals surface area contributed by atoms with Gasteiger partial charge in [0.1, 0.15) is 11.3 Å². The van der Waals surface area contributed by atoms with Crippen LogP contribution in [0.3, 0.4) is 0 Å². The lowest BCUT2D eigenvalue weighted by Crippen LogP contribution is -2.25. The van der Waals surface area contributed by atoms with Crippen molar-refractivity contribution in [3.8, 4) is 11.6 Å². The van der Waals surface area contributed by atoms with Crippen LogP contribution in [0.25, 0.3) is 10.8 Å². The number of hydrogen-bond acceptors (Lipinski definition) is 7. The van der Waals surface area contributed by atoms with E-state index in [0.29, 0.717) is 38.8 Å². The predicted octanol–water partition coefficient (Wildman–Crippen LogP) is 6.78. The molecule has 0 saturated heterocycles. The van der Waals surface area contributed by atoms with Gasteiger partial charge in [0.25, 0.3) is 5.69 Å². The van der Waals surface area contributed by atoms with E-state index >= 15 is 0 Å². The van der Waals surface area contributed by atoms with Gasteiger partial charge >= 0.3 is 5.97 Å². The molecule has 0 spiro atoms. The Hall–Kier alpha value is -3.85. The van der Waals surface area contributed by atoms with Gasteiger partial charge in [-0.15, -0.1) is 0 Å². The summed E-state index contributed by atoms with van der Waals surface area (Å²) in [5, 5.41) is 17.8. The van der Waals surface area contributed by atoms with Crippen molar-refractivity contribution in [1.29, 1.82) is 0 Å². The third-order valence-corrected chi connectivity index (χ3v) is 6.70. The number of nitrogens with zero attached hydrogens (tertiary/aromatic N) is 3. The number of fused-ring (bicyclic) bond motifs is 1. The van der Waals surface area contributed by atoms with Crippen molar-refractivity contribution < 1.29 is 19.2 Å². The Morgan fingerprint density at radius 2 is 1.78 bits per heavy atom. The van der Waals surface area contributed by atoms with Gasteiger partial charge in [-0.25, -0.2) is 9.48 Å². The molecule has 0 bridgehead atoms. The summed E-state index contributed by atoms with van der Waals surface area (Å²) in [5.41, 5.74) is 0.355. The fraction of sp³-hybridized carbons (Fsp3) is 0.259. The molecule has 0 atom stereocenters. The van der Waals surface area contributed by atoms with Crippen LogP contribution in [0.1, 0.15) is 43.7 Å². The van der Waals surface area contributed by atoms with E-state index in [1.807, 2.05) is 58.0 Å². The van der Waals surface area contributed by atoms with E-state index in [-0.39, 0.29) is 11.6 Å². The van der Waals surface area contributed by atoms with Gasteiger partial charge in [-0.2, -0.15) is 5.10 Å². The lowest BCUT2D eigenvalue weighted by atomic mass is 10.0. The van der Waals surface area contributed by atoms with Crippen molar-refractivity contribution in [2.45, 2.75) is 49.9 Å². The highest BCUT2D eigenvalue weighted by Gasteiger charge is 2.30. The summed E-state index contributed by atoms with van der Waals surface area (Å²) >= 11 is 1.15. The average Bonchev–Trinajstić information content (AvgIpc) is 3.14. The van der Waals surface area contributed by atoms with E-state index in [1.165, 1.54) is 6.07 Å². The van der Waals surface area contributed by atoms with E-state index in [4.69, 9.17) is 9.47 Å². The monoisotopic (exact) mass is 505 g/mol. The van der Waals surface area contributed by atoms with Crippen LogP contribution in [0.5, 0.6) is 11.6 Å². The molecular weight excluding hydrogens is 478 g/mol. The molecule has 0 saturated carbocycles. The molecule has 9 heteroatoms. The molecule has 0 radical (unpaired) electrons. The third kappa shape index (κ3) is 4.92. The SMILES string of the molecule is CCOc1ccc2ccccc2c1C(=O)Oc1c(Sc2ccccc2[N+](=O)[O-])c(C)nn1C(C)(C)C. The van der Waals surface area contributed by atoms with Gasteiger partial charge in [0.05, 0.1) is 32.6 Å². The standard InChI is InChI=1S/C27H27N3O5S/c1-6-34-21-16-15-18-11-7-8-12-19(18)23(21)26(31)35-25-24(17(2)28-29(25)27(3,4)5)36-22-14-10-9-13-20(22)30(32)33/h7-16H,6H2,1-5H3. The number of esters is 1. The predicted molar refractivity (Wildman–Crippen MR) is 139 cm³/mol. The minimum Gasteiger partial charge on any atom is -0.493 e. The normalized spacial score (nSPS) is 11.5. The van der Waals surface area contributed by atoms with Crippen molar-refractivity contribution in [2.24, 2.45) is 0 Å². The number of aryl methyl sites for hydroxylation is 1. The molecule has 0 aliphatic carbocycles. The molecule has 4 aromatic rings. The van der Waals surface area contributed by atoms with Gasteiger partial charge < -0.3 is 9.47 Å². The third-order valence-electron chi connectivity index (χ3n) is 5.46. The molecule has 0 aliphatic heterocycles. The summed E-state index contributed by atoms with van der Waals surface area (Å²) in [6, 6.07) is 17.6. The first-order valence-electron chi connectivity index (χ1n) is 11.5. The highest BCUT2D eigenvalue weighted by molar-refractivity contribution is 7.99. The van der Waals surface area contributed by atoms with Crippen LogP contribution in [-0.2, 0) is 5.54 Å². The Morgan fingerprint density at radius 3 is 2.47 bits per heavy atom. The summed E-state index contributed by atoms with van der Waals surface area (Å²) in [6.45, 7) is 9.86. The molecule has 0 fully saturated rings. The van der Waals surface area contributed by atoms with Gasteiger partial charge in [-0.3, -0.25) is 10.1 Å². The maximum absolute atomic E-state index is 13.7. The zero-order chi connectivity index (χ0) is 26.0. The van der Waals surface area contributed by atoms with Gasteiger partial charge in [0.15, 0.2) is 0 Å². The van der Waals surface area contributed by atoms with Crippen LogP contribution < -0.4 is 9.47 Å². The Bertz CT molecular complexity index is 1460. The van der Waals surface area contributed by atoms with Crippen LogP contribution >= 0.6 is 11.8 Å². The second-order valence-corrected chi connectivity index (χ2v) is 10.2. The smallest absolute Gasteiger partial charge is 0.349 e. The maximum Gasteiger partial charge on any atom is 0.349 e. The summed E-state index contributed by atoms with van der Waals surface area (Å²) in [7, 11) is 0. The maximum atomic E-state index is 13.7. The van der Waals surface area contributed by atoms with Gasteiger partial charge in [-0.1, -0.05) is 54.2 Å². The number of benzene rings is 3. The summed E-state index contributed by atoms with van der Waals surface area (Å²) in [4.78, 5) is 25.9. The number of aromatic nitrogens is 2. The quantitative estimate of drug-likeness (QED) is 0.155. The lowest BCUT2D eigenvalue weighted by molar-refractivity contribution is -0.387. The molecule has 0 aliphatic rings. The molecule has 3 aromatic carbocycles. The molecule has 186 valence electrons. The zero-order valence-corrected chi connectivity index (χ0v) is 21.6. The molecule has 0 amide bonds. The van der Waals surface area contributed by atoms with E-state index < -0.39 is 16.4 Å². The first kappa shape index (κ1) is 25.2. The summed E-state index contributed by atoms with van der Waals surface area (Å²) in [5.74, 6) is 0.0567. The largest absolute Gasteiger partial charge is 0.493 e. The van der Waals surface area contributed by atoms with Gasteiger partial charge in [0, 0.05) is 6.07 Å². The topological polar surface area (TPSA) is 96.5 Å². The van der Waals surface area contributed by atoms with Crippen LogP contribution in [0.4, 0.5) is 5.69 Å². The molecule has 4 rings (SSSR count). The van der Waals surface area contributed by atoms with E-state index in [1.54, 1.807) is 35.9 Å².